The first kappa shape index (κ1) is 9.49. The fourth-order valence-electron chi connectivity index (χ4n) is 3.06. The molecule has 0 heterocycles. The summed E-state index contributed by atoms with van der Waals surface area (Å²) in [4.78, 5) is 0. The number of hydrogen-bond donors (Lipinski definition) is 2. The summed E-state index contributed by atoms with van der Waals surface area (Å²) >= 11 is 0. The van der Waals surface area contributed by atoms with E-state index in [1.165, 1.54) is 0 Å². The zero-order chi connectivity index (χ0) is 10.5. The molecule has 0 aromatic rings. The Balaban J connectivity index is 2.28. The predicted molar refractivity (Wildman–Crippen MR) is 53.0 cm³/mol. The van der Waals surface area contributed by atoms with Crippen LogP contribution in [0.2, 0.25) is 0 Å². The predicted octanol–water partition coefficient (Wildman–Crippen LogP) is 1.96. The first-order valence-electron chi connectivity index (χ1n) is 4.93. The molecule has 2 N–H and O–H groups in total. The van der Waals surface area contributed by atoms with Gasteiger partial charge in [0.05, 0.1) is 11.4 Å². The number of rotatable bonds is 1. The van der Waals surface area contributed by atoms with Crippen molar-refractivity contribution in [2.24, 2.45) is 33.5 Å². The second-order valence-electron chi connectivity index (χ2n) is 4.97. The van der Waals surface area contributed by atoms with Crippen LogP contribution < -0.4 is 0 Å². The molecule has 4 nitrogen and oxygen atoms in total. The average Bonchev–Trinajstić information content (AvgIpc) is 2.57. The van der Waals surface area contributed by atoms with E-state index in [0.717, 1.165) is 12.1 Å². The van der Waals surface area contributed by atoms with E-state index in [4.69, 9.17) is 10.4 Å². The smallest absolute Gasteiger partial charge is 0.0665 e. The lowest BCUT2D eigenvalue weighted by atomic mass is 9.88. The van der Waals surface area contributed by atoms with Crippen molar-refractivity contribution in [2.75, 3.05) is 0 Å². The molecule has 3 atom stereocenters. The van der Waals surface area contributed by atoms with Crippen LogP contribution in [0, 0.1) is 23.2 Å². The first-order chi connectivity index (χ1) is 6.54. The van der Waals surface area contributed by atoms with Gasteiger partial charge in [0.15, 0.2) is 0 Å². The van der Waals surface area contributed by atoms with Crippen LogP contribution in [0.25, 0.3) is 0 Å². The molecule has 2 fully saturated rings. The maximum absolute atomic E-state index is 8.84. The Morgan fingerprint density at radius 1 is 1.43 bits per heavy atom. The van der Waals surface area contributed by atoms with E-state index < -0.39 is 0 Å². The lowest BCUT2D eigenvalue weighted by molar-refractivity contribution is 0.308. The Hall–Kier alpha value is -1.06. The Kier molecular flexibility index (Phi) is 1.84. The van der Waals surface area contributed by atoms with Gasteiger partial charge < -0.3 is 10.4 Å². The maximum atomic E-state index is 8.84. The van der Waals surface area contributed by atoms with Crippen molar-refractivity contribution in [3.05, 3.63) is 0 Å². The van der Waals surface area contributed by atoms with E-state index in [0.29, 0.717) is 23.0 Å². The molecule has 0 radical (unpaired) electrons. The van der Waals surface area contributed by atoms with Crippen LogP contribution in [0.15, 0.2) is 10.3 Å². The van der Waals surface area contributed by atoms with Gasteiger partial charge in [-0.15, -0.1) is 0 Å². The van der Waals surface area contributed by atoms with E-state index in [-0.39, 0.29) is 5.92 Å². The van der Waals surface area contributed by atoms with Crippen molar-refractivity contribution in [3.8, 4) is 0 Å². The largest absolute Gasteiger partial charge is 0.411 e. The van der Waals surface area contributed by atoms with Crippen LogP contribution in [-0.4, -0.2) is 21.8 Å². The Morgan fingerprint density at radius 2 is 2.07 bits per heavy atom. The van der Waals surface area contributed by atoms with E-state index in [1.54, 1.807) is 6.92 Å². The highest BCUT2D eigenvalue weighted by atomic mass is 16.4. The third kappa shape index (κ3) is 0.996. The van der Waals surface area contributed by atoms with Crippen LogP contribution >= 0.6 is 0 Å². The molecular weight excluding hydrogens is 180 g/mol. The molecule has 0 aliphatic heterocycles. The maximum Gasteiger partial charge on any atom is 0.0665 e. The number of hydrogen-bond acceptors (Lipinski definition) is 4. The number of oxime groups is 2. The zero-order valence-corrected chi connectivity index (χ0v) is 8.73. The van der Waals surface area contributed by atoms with E-state index in [9.17, 15) is 0 Å². The third-order valence-corrected chi connectivity index (χ3v) is 4.02. The highest BCUT2D eigenvalue weighted by molar-refractivity contribution is 6.09. The van der Waals surface area contributed by atoms with Crippen LogP contribution in [0.4, 0.5) is 0 Å². The molecular formula is C10H16N2O2. The Morgan fingerprint density at radius 3 is 2.57 bits per heavy atom. The van der Waals surface area contributed by atoms with Crippen molar-refractivity contribution in [1.29, 1.82) is 0 Å². The molecule has 2 aliphatic rings. The Bertz CT molecular complexity index is 320. The lowest BCUT2D eigenvalue weighted by Gasteiger charge is -2.17. The molecule has 14 heavy (non-hydrogen) atoms. The van der Waals surface area contributed by atoms with Gasteiger partial charge in [0.1, 0.15) is 0 Å². The number of fused-ring (bicyclic) bond motifs is 1. The normalized spacial score (nSPS) is 42.6. The summed E-state index contributed by atoms with van der Waals surface area (Å²) in [5.74, 6) is 1.13. The van der Waals surface area contributed by atoms with Crippen molar-refractivity contribution in [1.82, 2.24) is 0 Å². The molecule has 0 aromatic carbocycles. The first-order valence-corrected chi connectivity index (χ1v) is 4.93. The fourth-order valence-corrected chi connectivity index (χ4v) is 3.06. The molecule has 78 valence electrons. The monoisotopic (exact) mass is 196 g/mol. The molecule has 4 heteroatoms. The van der Waals surface area contributed by atoms with Gasteiger partial charge in [0.2, 0.25) is 0 Å². The molecule has 2 aliphatic carbocycles. The summed E-state index contributed by atoms with van der Waals surface area (Å²) < 4.78 is 0. The van der Waals surface area contributed by atoms with Crippen LogP contribution in [-0.2, 0) is 0 Å². The van der Waals surface area contributed by atoms with Crippen LogP contribution in [0.1, 0.15) is 27.2 Å². The summed E-state index contributed by atoms with van der Waals surface area (Å²) in [5.41, 5.74) is 1.75. The summed E-state index contributed by atoms with van der Waals surface area (Å²) in [6.45, 7) is 6.22. The Labute approximate surface area is 83.3 Å². The molecule has 0 aromatic heterocycles. The molecule has 0 spiro atoms. The quantitative estimate of drug-likeness (QED) is 0.382. The lowest BCUT2D eigenvalue weighted by Crippen LogP contribution is -2.24. The second kappa shape index (κ2) is 2.72. The van der Waals surface area contributed by atoms with Gasteiger partial charge in [-0.1, -0.05) is 24.2 Å². The van der Waals surface area contributed by atoms with Crippen LogP contribution in [0.5, 0.6) is 0 Å². The van der Waals surface area contributed by atoms with Crippen molar-refractivity contribution >= 4 is 11.4 Å². The minimum absolute atomic E-state index is 0.0463. The molecule has 2 saturated carbocycles. The van der Waals surface area contributed by atoms with E-state index >= 15 is 0 Å². The molecule has 0 unspecified atom stereocenters. The highest BCUT2D eigenvalue weighted by Gasteiger charge is 2.67. The van der Waals surface area contributed by atoms with Gasteiger partial charge >= 0.3 is 0 Å². The fraction of sp³-hybridized carbons (Fsp3) is 0.800. The highest BCUT2D eigenvalue weighted by Crippen LogP contribution is 2.68. The molecule has 0 amide bonds. The molecule has 2 rings (SSSR count). The molecule has 0 saturated heterocycles. The minimum atomic E-state index is 0.0463. The van der Waals surface area contributed by atoms with Crippen molar-refractivity contribution < 1.29 is 10.4 Å². The summed E-state index contributed by atoms with van der Waals surface area (Å²) in [6.07, 6.45) is 0.839. The minimum Gasteiger partial charge on any atom is -0.411 e. The summed E-state index contributed by atoms with van der Waals surface area (Å²) in [7, 11) is 0. The summed E-state index contributed by atoms with van der Waals surface area (Å²) in [5, 5.41) is 24.2. The summed E-state index contributed by atoms with van der Waals surface area (Å²) in [6, 6.07) is 0. The van der Waals surface area contributed by atoms with Crippen molar-refractivity contribution in [2.45, 2.75) is 27.2 Å². The SMILES string of the molecule is C/C(=N/O)[C@@H]1/C(=N\O)C[C@@H]2[C@@H]1C2(C)C. The van der Waals surface area contributed by atoms with Gasteiger partial charge in [0.25, 0.3) is 0 Å². The van der Waals surface area contributed by atoms with E-state index in [2.05, 4.69) is 24.2 Å². The second-order valence-corrected chi connectivity index (χ2v) is 4.97. The molecule has 0 bridgehead atoms. The standard InChI is InChI=1S/C10H16N2O2/c1-5(11-13)8-7(12-14)4-6-9(8)10(6,2)3/h6,8-9,13-14H,4H2,1-3H3/b11-5-,12-7-/t6-,8-,9+/m1/s1. The topological polar surface area (TPSA) is 65.2 Å². The van der Waals surface area contributed by atoms with Crippen LogP contribution in [0.3, 0.4) is 0 Å². The van der Waals surface area contributed by atoms with Gasteiger partial charge in [0, 0.05) is 5.92 Å². The van der Waals surface area contributed by atoms with Gasteiger partial charge in [-0.3, -0.25) is 0 Å². The number of nitrogens with zero attached hydrogens (tertiary/aromatic N) is 2. The van der Waals surface area contributed by atoms with Crippen molar-refractivity contribution in [3.63, 3.8) is 0 Å². The van der Waals surface area contributed by atoms with Gasteiger partial charge in [-0.05, 0) is 30.6 Å². The van der Waals surface area contributed by atoms with Gasteiger partial charge in [-0.2, -0.15) is 0 Å². The average molecular weight is 196 g/mol. The zero-order valence-electron chi connectivity index (χ0n) is 8.73. The van der Waals surface area contributed by atoms with Gasteiger partial charge in [-0.25, -0.2) is 0 Å². The third-order valence-electron chi connectivity index (χ3n) is 4.02. The van der Waals surface area contributed by atoms with E-state index in [1.807, 2.05) is 0 Å².